The molecule has 8 heteroatoms. The summed E-state index contributed by atoms with van der Waals surface area (Å²) >= 11 is 4.41. The van der Waals surface area contributed by atoms with Gasteiger partial charge in [0, 0.05) is 15.4 Å². The highest BCUT2D eigenvalue weighted by Gasteiger charge is 2.13. The molecule has 1 aromatic heterocycles. The van der Waals surface area contributed by atoms with E-state index in [0.29, 0.717) is 9.92 Å². The third-order valence-electron chi connectivity index (χ3n) is 2.32. The zero-order valence-electron chi connectivity index (χ0n) is 9.82. The smallest absolute Gasteiger partial charge is 0.336 e. The fraction of sp³-hybridized carbons (Fsp3) is 0. The molecule has 1 aromatic carbocycles. The van der Waals surface area contributed by atoms with Gasteiger partial charge in [0.1, 0.15) is 11.2 Å². The van der Waals surface area contributed by atoms with Crippen molar-refractivity contribution in [2.45, 2.75) is 9.92 Å². The van der Waals surface area contributed by atoms with Crippen LogP contribution in [-0.2, 0) is 0 Å². The molecule has 102 valence electrons. The maximum absolute atomic E-state index is 11.1. The number of aromatic carboxylic acids is 1. The Hall–Kier alpha value is -1.93. The van der Waals surface area contributed by atoms with Crippen molar-refractivity contribution in [3.63, 3.8) is 0 Å². The first kappa shape index (κ1) is 14.5. The van der Waals surface area contributed by atoms with Crippen LogP contribution in [0.1, 0.15) is 10.4 Å². The molecule has 1 N–H and O–H groups in total. The van der Waals surface area contributed by atoms with Crippen LogP contribution in [0.3, 0.4) is 0 Å². The molecule has 2 rings (SSSR count). The van der Waals surface area contributed by atoms with E-state index in [1.54, 1.807) is 12.1 Å². The Bertz CT molecular complexity index is 676. The number of halogens is 1. The van der Waals surface area contributed by atoms with Crippen molar-refractivity contribution in [1.82, 2.24) is 4.98 Å². The first-order valence-electron chi connectivity index (χ1n) is 5.28. The van der Waals surface area contributed by atoms with Crippen molar-refractivity contribution in [1.29, 1.82) is 0 Å². The van der Waals surface area contributed by atoms with Crippen molar-refractivity contribution in [2.24, 2.45) is 0 Å². The van der Waals surface area contributed by atoms with Gasteiger partial charge in [-0.15, -0.1) is 0 Å². The van der Waals surface area contributed by atoms with E-state index in [2.05, 4.69) is 20.9 Å². The fourth-order valence-electron chi connectivity index (χ4n) is 1.41. The Morgan fingerprint density at radius 2 is 2.10 bits per heavy atom. The summed E-state index contributed by atoms with van der Waals surface area (Å²) in [7, 11) is 0. The summed E-state index contributed by atoms with van der Waals surface area (Å²) in [5.41, 5.74) is 0.0420. The average molecular weight is 355 g/mol. The molecule has 0 radical (unpaired) electrons. The number of nitro groups is 1. The number of pyridine rings is 1. The first-order chi connectivity index (χ1) is 9.47. The zero-order chi connectivity index (χ0) is 14.7. The minimum Gasteiger partial charge on any atom is -0.478 e. The first-order valence-corrected chi connectivity index (χ1v) is 6.89. The fourth-order valence-corrected chi connectivity index (χ4v) is 2.84. The Morgan fingerprint density at radius 3 is 2.65 bits per heavy atom. The van der Waals surface area contributed by atoms with Crippen molar-refractivity contribution in [2.75, 3.05) is 0 Å². The molecule has 0 aliphatic rings. The van der Waals surface area contributed by atoms with Gasteiger partial charge in [-0.25, -0.2) is 9.78 Å². The molecule has 6 nitrogen and oxygen atoms in total. The lowest BCUT2D eigenvalue weighted by Crippen LogP contribution is -1.98. The van der Waals surface area contributed by atoms with E-state index in [-0.39, 0.29) is 11.3 Å². The van der Waals surface area contributed by atoms with Gasteiger partial charge in [-0.1, -0.05) is 27.7 Å². The highest BCUT2D eigenvalue weighted by atomic mass is 79.9. The molecule has 0 aliphatic carbocycles. The number of benzene rings is 1. The van der Waals surface area contributed by atoms with Crippen LogP contribution in [0.2, 0.25) is 0 Å². The highest BCUT2D eigenvalue weighted by Crippen LogP contribution is 2.32. The van der Waals surface area contributed by atoms with E-state index in [9.17, 15) is 14.9 Å². The number of carboxylic acid groups (broad SMARTS) is 1. The van der Waals surface area contributed by atoms with Crippen LogP contribution in [0.4, 0.5) is 5.69 Å². The van der Waals surface area contributed by atoms with Gasteiger partial charge < -0.3 is 5.11 Å². The van der Waals surface area contributed by atoms with Crippen molar-refractivity contribution >= 4 is 39.3 Å². The minimum absolute atomic E-state index is 0.109. The maximum Gasteiger partial charge on any atom is 0.336 e. The van der Waals surface area contributed by atoms with E-state index < -0.39 is 10.9 Å². The number of hydrogen-bond donors (Lipinski definition) is 1. The Morgan fingerprint density at radius 1 is 1.35 bits per heavy atom. The van der Waals surface area contributed by atoms with Crippen LogP contribution in [0.25, 0.3) is 0 Å². The standard InChI is InChI=1S/C12H7BrN2O4S/c13-7-1-3-9(12(16)17)10(5-7)20-11-4-2-8(6-14-11)15(18)19/h1-6H,(H,16,17). The molecule has 0 spiro atoms. The minimum atomic E-state index is -1.04. The lowest BCUT2D eigenvalue weighted by Gasteiger charge is -2.05. The molecule has 20 heavy (non-hydrogen) atoms. The second-order valence-corrected chi connectivity index (χ2v) is 5.64. The summed E-state index contributed by atoms with van der Waals surface area (Å²) in [6.07, 6.45) is 1.14. The van der Waals surface area contributed by atoms with Gasteiger partial charge in [0.25, 0.3) is 5.69 Å². The van der Waals surface area contributed by atoms with Gasteiger partial charge in [-0.3, -0.25) is 10.1 Å². The second kappa shape index (κ2) is 6.02. The number of hydrogen-bond acceptors (Lipinski definition) is 5. The molecule has 1 heterocycles. The SMILES string of the molecule is O=C(O)c1ccc(Br)cc1Sc1ccc([N+](=O)[O-])cn1. The monoisotopic (exact) mass is 354 g/mol. The Balaban J connectivity index is 2.31. The molecule has 2 aromatic rings. The quantitative estimate of drug-likeness (QED) is 0.665. The molecule has 0 aliphatic heterocycles. The number of carbonyl (C=O) groups is 1. The van der Waals surface area contributed by atoms with Gasteiger partial charge in [-0.05, 0) is 24.3 Å². The van der Waals surface area contributed by atoms with Gasteiger partial charge in [0.05, 0.1) is 10.5 Å². The predicted octanol–water partition coefficient (Wildman–Crippen LogP) is 3.60. The highest BCUT2D eigenvalue weighted by molar-refractivity contribution is 9.10. The lowest BCUT2D eigenvalue weighted by molar-refractivity contribution is -0.385. The molecular weight excluding hydrogens is 348 g/mol. The molecule has 0 atom stereocenters. The van der Waals surface area contributed by atoms with Gasteiger partial charge in [0.15, 0.2) is 0 Å². The van der Waals surface area contributed by atoms with Crippen LogP contribution in [0.5, 0.6) is 0 Å². The summed E-state index contributed by atoms with van der Waals surface area (Å²) in [6.45, 7) is 0. The third-order valence-corrected chi connectivity index (χ3v) is 3.82. The molecule has 0 amide bonds. The van der Waals surface area contributed by atoms with Gasteiger partial charge >= 0.3 is 5.97 Å². The molecular formula is C12H7BrN2O4S. The predicted molar refractivity (Wildman–Crippen MR) is 76.1 cm³/mol. The molecule has 0 unspecified atom stereocenters. The van der Waals surface area contributed by atoms with Crippen LogP contribution < -0.4 is 0 Å². The molecule has 0 bridgehead atoms. The summed E-state index contributed by atoms with van der Waals surface area (Å²) < 4.78 is 0.743. The molecule has 0 saturated heterocycles. The van der Waals surface area contributed by atoms with Crippen molar-refractivity contribution in [3.8, 4) is 0 Å². The van der Waals surface area contributed by atoms with E-state index >= 15 is 0 Å². The largest absolute Gasteiger partial charge is 0.478 e. The summed E-state index contributed by atoms with van der Waals surface area (Å²) in [5, 5.41) is 20.1. The van der Waals surface area contributed by atoms with Crippen LogP contribution in [-0.4, -0.2) is 21.0 Å². The Kier molecular flexibility index (Phi) is 4.35. The topological polar surface area (TPSA) is 93.3 Å². The number of carboxylic acids is 1. The van der Waals surface area contributed by atoms with E-state index in [0.717, 1.165) is 22.4 Å². The van der Waals surface area contributed by atoms with Crippen LogP contribution in [0, 0.1) is 10.1 Å². The summed E-state index contributed by atoms with van der Waals surface area (Å²) in [4.78, 5) is 25.6. The maximum atomic E-state index is 11.1. The Labute approximate surface area is 126 Å². The van der Waals surface area contributed by atoms with Gasteiger partial charge in [0.2, 0.25) is 0 Å². The average Bonchev–Trinajstić information content (AvgIpc) is 2.39. The lowest BCUT2D eigenvalue weighted by atomic mass is 10.2. The summed E-state index contributed by atoms with van der Waals surface area (Å²) in [5.74, 6) is -1.04. The van der Waals surface area contributed by atoms with E-state index in [4.69, 9.17) is 5.11 Å². The third kappa shape index (κ3) is 3.34. The molecule has 0 saturated carbocycles. The molecule has 0 fully saturated rings. The summed E-state index contributed by atoms with van der Waals surface area (Å²) in [6, 6.07) is 7.59. The number of aromatic nitrogens is 1. The number of rotatable bonds is 4. The zero-order valence-corrected chi connectivity index (χ0v) is 12.2. The second-order valence-electron chi connectivity index (χ2n) is 3.66. The normalized spacial score (nSPS) is 10.2. The van der Waals surface area contributed by atoms with E-state index in [1.807, 2.05) is 0 Å². The van der Waals surface area contributed by atoms with Crippen molar-refractivity contribution in [3.05, 3.63) is 56.7 Å². The van der Waals surface area contributed by atoms with Crippen molar-refractivity contribution < 1.29 is 14.8 Å². The number of nitrogens with zero attached hydrogens (tertiary/aromatic N) is 2. The van der Waals surface area contributed by atoms with Crippen LogP contribution in [0.15, 0.2) is 50.9 Å². The van der Waals surface area contributed by atoms with Crippen LogP contribution >= 0.6 is 27.7 Å². The van der Waals surface area contributed by atoms with Gasteiger partial charge in [-0.2, -0.15) is 0 Å². The van der Waals surface area contributed by atoms with E-state index in [1.165, 1.54) is 18.2 Å².